The van der Waals surface area contributed by atoms with Crippen LogP contribution in [0.2, 0.25) is 0 Å². The van der Waals surface area contributed by atoms with Gasteiger partial charge in [0.25, 0.3) is 5.91 Å². The lowest BCUT2D eigenvalue weighted by atomic mass is 10.0. The van der Waals surface area contributed by atoms with Gasteiger partial charge in [-0.3, -0.25) is 4.79 Å². The second-order valence-corrected chi connectivity index (χ2v) is 7.26. The summed E-state index contributed by atoms with van der Waals surface area (Å²) in [6.45, 7) is 2.93. The third-order valence-corrected chi connectivity index (χ3v) is 5.34. The lowest BCUT2D eigenvalue weighted by Gasteiger charge is -2.34. The molecule has 0 spiro atoms. The normalized spacial score (nSPS) is 16.2. The van der Waals surface area contributed by atoms with Crippen LogP contribution in [0.5, 0.6) is 5.75 Å². The van der Waals surface area contributed by atoms with Crippen molar-refractivity contribution in [3.63, 3.8) is 0 Å². The van der Waals surface area contributed by atoms with Crippen molar-refractivity contribution in [3.05, 3.63) is 89.6 Å². The van der Waals surface area contributed by atoms with Gasteiger partial charge in [0.15, 0.2) is 0 Å². The molecule has 2 aromatic carbocycles. The molecular weight excluding hydrogens is 376 g/mol. The van der Waals surface area contributed by atoms with E-state index in [4.69, 9.17) is 4.74 Å². The number of para-hydroxylation sites is 1. The summed E-state index contributed by atoms with van der Waals surface area (Å²) >= 11 is 0. The van der Waals surface area contributed by atoms with Crippen LogP contribution in [0.3, 0.4) is 0 Å². The quantitative estimate of drug-likeness (QED) is 0.663. The van der Waals surface area contributed by atoms with Crippen LogP contribution in [0, 0.1) is 0 Å². The number of piperazine rings is 1. The number of amides is 1. The fraction of sp³-hybridized carbons (Fsp3) is 0.250. The molecule has 4 rings (SSSR count). The number of ether oxygens (including phenoxy) is 1. The summed E-state index contributed by atoms with van der Waals surface area (Å²) in [5, 5.41) is 6.54. The van der Waals surface area contributed by atoms with Crippen molar-refractivity contribution in [1.82, 2.24) is 15.6 Å². The minimum atomic E-state index is -0.126. The highest BCUT2D eigenvalue weighted by Crippen LogP contribution is 2.22. The summed E-state index contributed by atoms with van der Waals surface area (Å²) in [7, 11) is 1.63. The van der Waals surface area contributed by atoms with Gasteiger partial charge >= 0.3 is 0 Å². The van der Waals surface area contributed by atoms with Crippen molar-refractivity contribution in [3.8, 4) is 5.75 Å². The van der Waals surface area contributed by atoms with Crippen LogP contribution in [0.1, 0.15) is 27.5 Å². The average molecular weight is 402 g/mol. The second kappa shape index (κ2) is 9.41. The molecule has 3 aromatic rings. The van der Waals surface area contributed by atoms with Gasteiger partial charge in [0.05, 0.1) is 7.11 Å². The zero-order chi connectivity index (χ0) is 20.8. The summed E-state index contributed by atoms with van der Waals surface area (Å²) in [5.74, 6) is 1.46. The van der Waals surface area contributed by atoms with Crippen LogP contribution < -0.4 is 20.3 Å². The number of hydrogen-bond donors (Lipinski definition) is 2. The van der Waals surface area contributed by atoms with Crippen LogP contribution in [-0.2, 0) is 6.54 Å². The minimum absolute atomic E-state index is 0.126. The van der Waals surface area contributed by atoms with E-state index in [-0.39, 0.29) is 11.9 Å². The molecule has 0 saturated carbocycles. The smallest absolute Gasteiger partial charge is 0.251 e. The Hall–Kier alpha value is -3.38. The van der Waals surface area contributed by atoms with Gasteiger partial charge in [-0.1, -0.05) is 48.5 Å². The SMILES string of the molecule is COc1ccccc1CNC(=O)c1ccnc(N2CCN[C@@H](c3ccccc3)C2)c1. The third-order valence-electron chi connectivity index (χ3n) is 5.34. The maximum Gasteiger partial charge on any atom is 0.251 e. The van der Waals surface area contributed by atoms with E-state index in [1.165, 1.54) is 5.56 Å². The number of carbonyl (C=O) groups excluding carboxylic acids is 1. The van der Waals surface area contributed by atoms with Crippen molar-refractivity contribution in [2.24, 2.45) is 0 Å². The molecule has 2 N–H and O–H groups in total. The van der Waals surface area contributed by atoms with Gasteiger partial charge in [-0.15, -0.1) is 0 Å². The first-order valence-electron chi connectivity index (χ1n) is 10.1. The van der Waals surface area contributed by atoms with Crippen LogP contribution in [0.25, 0.3) is 0 Å². The molecule has 6 nitrogen and oxygen atoms in total. The molecule has 154 valence electrons. The second-order valence-electron chi connectivity index (χ2n) is 7.26. The number of anilines is 1. The molecule has 0 bridgehead atoms. The predicted octanol–water partition coefficient (Wildman–Crippen LogP) is 3.17. The first kappa shape index (κ1) is 19.9. The van der Waals surface area contributed by atoms with Gasteiger partial charge in [0, 0.05) is 49.5 Å². The Bertz CT molecular complexity index is 993. The molecule has 1 fully saturated rings. The van der Waals surface area contributed by atoms with E-state index >= 15 is 0 Å². The maximum atomic E-state index is 12.7. The lowest BCUT2D eigenvalue weighted by molar-refractivity contribution is 0.0950. The first-order chi connectivity index (χ1) is 14.7. The molecule has 1 amide bonds. The highest BCUT2D eigenvalue weighted by Gasteiger charge is 2.22. The Morgan fingerprint density at radius 3 is 2.80 bits per heavy atom. The first-order valence-corrected chi connectivity index (χ1v) is 10.1. The third kappa shape index (κ3) is 4.60. The van der Waals surface area contributed by atoms with E-state index < -0.39 is 0 Å². The Morgan fingerprint density at radius 2 is 1.97 bits per heavy atom. The summed E-state index contributed by atoms with van der Waals surface area (Å²) < 4.78 is 5.35. The summed E-state index contributed by atoms with van der Waals surface area (Å²) in [6, 6.07) is 21.9. The summed E-state index contributed by atoms with van der Waals surface area (Å²) in [4.78, 5) is 19.5. The van der Waals surface area contributed by atoms with E-state index in [0.29, 0.717) is 12.1 Å². The lowest BCUT2D eigenvalue weighted by Crippen LogP contribution is -2.46. The molecule has 0 unspecified atom stereocenters. The van der Waals surface area contributed by atoms with E-state index in [2.05, 4.69) is 44.8 Å². The van der Waals surface area contributed by atoms with Crippen molar-refractivity contribution in [2.75, 3.05) is 31.6 Å². The minimum Gasteiger partial charge on any atom is -0.496 e. The number of rotatable bonds is 6. The molecule has 1 aliphatic rings. The van der Waals surface area contributed by atoms with Crippen molar-refractivity contribution in [2.45, 2.75) is 12.6 Å². The van der Waals surface area contributed by atoms with E-state index in [9.17, 15) is 4.79 Å². The van der Waals surface area contributed by atoms with Crippen LogP contribution in [-0.4, -0.2) is 37.6 Å². The average Bonchev–Trinajstić information content (AvgIpc) is 2.83. The molecule has 30 heavy (non-hydrogen) atoms. The highest BCUT2D eigenvalue weighted by atomic mass is 16.5. The highest BCUT2D eigenvalue weighted by molar-refractivity contribution is 5.94. The molecule has 1 saturated heterocycles. The zero-order valence-electron chi connectivity index (χ0n) is 17.0. The predicted molar refractivity (Wildman–Crippen MR) is 118 cm³/mol. The van der Waals surface area contributed by atoms with E-state index in [1.54, 1.807) is 19.4 Å². The van der Waals surface area contributed by atoms with Gasteiger partial charge in [-0.05, 0) is 23.8 Å². The van der Waals surface area contributed by atoms with Gasteiger partial charge < -0.3 is 20.3 Å². The van der Waals surface area contributed by atoms with E-state index in [0.717, 1.165) is 36.8 Å². The Morgan fingerprint density at radius 1 is 1.17 bits per heavy atom. The number of nitrogens with zero attached hydrogens (tertiary/aromatic N) is 2. The fourth-order valence-electron chi connectivity index (χ4n) is 3.73. The Labute approximate surface area is 176 Å². The molecule has 0 radical (unpaired) electrons. The molecule has 2 heterocycles. The van der Waals surface area contributed by atoms with Crippen molar-refractivity contribution < 1.29 is 9.53 Å². The number of carbonyl (C=O) groups is 1. The van der Waals surface area contributed by atoms with Gasteiger partial charge in [0.1, 0.15) is 11.6 Å². The van der Waals surface area contributed by atoms with Crippen molar-refractivity contribution in [1.29, 1.82) is 0 Å². The van der Waals surface area contributed by atoms with Crippen LogP contribution in [0.4, 0.5) is 5.82 Å². The van der Waals surface area contributed by atoms with Gasteiger partial charge in [-0.25, -0.2) is 4.98 Å². The van der Waals surface area contributed by atoms with E-state index in [1.807, 2.05) is 36.4 Å². The van der Waals surface area contributed by atoms with Crippen LogP contribution in [0.15, 0.2) is 72.9 Å². The van der Waals surface area contributed by atoms with Gasteiger partial charge in [0.2, 0.25) is 0 Å². The zero-order valence-corrected chi connectivity index (χ0v) is 17.0. The number of nitrogens with one attached hydrogen (secondary N) is 2. The molecule has 1 atom stereocenters. The Kier molecular flexibility index (Phi) is 6.25. The molecule has 0 aliphatic carbocycles. The Balaban J connectivity index is 1.43. The topological polar surface area (TPSA) is 66.5 Å². The summed E-state index contributed by atoms with van der Waals surface area (Å²) in [6.07, 6.45) is 1.70. The standard InChI is InChI=1S/C24H26N4O2/c1-30-22-10-6-5-9-20(22)16-27-24(29)19-11-12-26-23(15-19)28-14-13-25-21(17-28)18-7-3-2-4-8-18/h2-12,15,21,25H,13-14,16-17H2,1H3,(H,27,29)/t21-/m1/s1. The summed E-state index contributed by atoms with van der Waals surface area (Å²) in [5.41, 5.74) is 2.80. The molecule has 6 heteroatoms. The van der Waals surface area contributed by atoms with Gasteiger partial charge in [-0.2, -0.15) is 0 Å². The largest absolute Gasteiger partial charge is 0.496 e. The number of methoxy groups -OCH3 is 1. The monoisotopic (exact) mass is 402 g/mol. The molecule has 1 aromatic heterocycles. The molecular formula is C24H26N4O2. The number of aromatic nitrogens is 1. The maximum absolute atomic E-state index is 12.7. The fourth-order valence-corrected chi connectivity index (χ4v) is 3.73. The van der Waals surface area contributed by atoms with Crippen molar-refractivity contribution >= 4 is 11.7 Å². The number of hydrogen-bond acceptors (Lipinski definition) is 5. The van der Waals surface area contributed by atoms with Crippen LogP contribution >= 0.6 is 0 Å². The number of pyridine rings is 1. The molecule has 1 aliphatic heterocycles. The number of benzene rings is 2.